The van der Waals surface area contributed by atoms with Gasteiger partial charge in [-0.05, 0) is 37.0 Å². The summed E-state index contributed by atoms with van der Waals surface area (Å²) in [7, 11) is -3.95. The van der Waals surface area contributed by atoms with Gasteiger partial charge >= 0.3 is 0 Å². The minimum absolute atomic E-state index is 0. The van der Waals surface area contributed by atoms with Crippen LogP contribution in [0.25, 0.3) is 0 Å². The Morgan fingerprint density at radius 2 is 2.00 bits per heavy atom. The van der Waals surface area contributed by atoms with Gasteiger partial charge < -0.3 is 5.73 Å². The van der Waals surface area contributed by atoms with Gasteiger partial charge in [0.05, 0.1) is 0 Å². The van der Waals surface area contributed by atoms with Gasteiger partial charge in [0.25, 0.3) is 0 Å². The molecule has 0 heterocycles. The fourth-order valence-corrected chi connectivity index (χ4v) is 4.30. The van der Waals surface area contributed by atoms with Crippen LogP contribution in [-0.4, -0.2) is 21.0 Å². The van der Waals surface area contributed by atoms with Crippen molar-refractivity contribution in [1.29, 1.82) is 0 Å². The van der Waals surface area contributed by atoms with Crippen molar-refractivity contribution in [3.63, 3.8) is 0 Å². The monoisotopic (exact) mass is 356 g/mol. The van der Waals surface area contributed by atoms with E-state index in [1.54, 1.807) is 0 Å². The highest BCUT2D eigenvalue weighted by molar-refractivity contribution is 7.89. The molecule has 2 rings (SSSR count). The summed E-state index contributed by atoms with van der Waals surface area (Å²) in [6.07, 6.45) is 4.05. The number of benzene rings is 1. The van der Waals surface area contributed by atoms with E-state index in [-0.39, 0.29) is 35.9 Å². The van der Waals surface area contributed by atoms with Crippen molar-refractivity contribution in [2.75, 3.05) is 6.54 Å². The molecule has 1 unspecified atom stereocenters. The summed E-state index contributed by atoms with van der Waals surface area (Å²) >= 11 is 5.74. The first-order chi connectivity index (χ1) is 9.44. The maximum Gasteiger partial charge on any atom is 0.243 e. The molecule has 1 saturated carbocycles. The Hall–Kier alpha value is -0.400. The molecule has 0 aromatic heterocycles. The normalized spacial score (nSPS) is 17.5. The molecule has 120 valence electrons. The zero-order valence-corrected chi connectivity index (χ0v) is 13.8. The second-order valence-electron chi connectivity index (χ2n) is 5.08. The highest BCUT2D eigenvalue weighted by Crippen LogP contribution is 2.28. The summed E-state index contributed by atoms with van der Waals surface area (Å²) in [6.45, 7) is 0.200. The van der Waals surface area contributed by atoms with Crippen molar-refractivity contribution >= 4 is 34.0 Å². The smallest absolute Gasteiger partial charge is 0.243 e. The van der Waals surface area contributed by atoms with E-state index in [4.69, 9.17) is 17.3 Å². The quantitative estimate of drug-likeness (QED) is 0.851. The first kappa shape index (κ1) is 18.6. The molecule has 0 aliphatic heterocycles. The van der Waals surface area contributed by atoms with Crippen molar-refractivity contribution < 1.29 is 12.8 Å². The third-order valence-electron chi connectivity index (χ3n) is 3.71. The Kier molecular flexibility index (Phi) is 6.87. The molecule has 1 fully saturated rings. The molecular weight excluding hydrogens is 338 g/mol. The van der Waals surface area contributed by atoms with E-state index < -0.39 is 20.7 Å². The molecule has 8 heteroatoms. The number of hydrogen-bond acceptors (Lipinski definition) is 3. The average molecular weight is 357 g/mol. The summed E-state index contributed by atoms with van der Waals surface area (Å²) in [5.41, 5.74) is 5.66. The fourth-order valence-electron chi connectivity index (χ4n) is 2.64. The van der Waals surface area contributed by atoms with Crippen LogP contribution in [0.5, 0.6) is 0 Å². The predicted octanol–water partition coefficient (Wildman–Crippen LogP) is 2.70. The lowest BCUT2D eigenvalue weighted by atomic mass is 9.99. The van der Waals surface area contributed by atoms with Crippen molar-refractivity contribution in [2.45, 2.75) is 36.6 Å². The van der Waals surface area contributed by atoms with Crippen LogP contribution in [0, 0.1) is 11.7 Å². The summed E-state index contributed by atoms with van der Waals surface area (Å²) in [5.74, 6) is -0.596. The lowest BCUT2D eigenvalue weighted by molar-refractivity contribution is 0.404. The molecule has 0 spiro atoms. The molecule has 4 nitrogen and oxygen atoms in total. The van der Waals surface area contributed by atoms with Crippen LogP contribution < -0.4 is 10.5 Å². The van der Waals surface area contributed by atoms with Crippen LogP contribution in [0.1, 0.15) is 25.7 Å². The summed E-state index contributed by atoms with van der Waals surface area (Å²) < 4.78 is 40.7. The molecule has 0 bridgehead atoms. The zero-order chi connectivity index (χ0) is 14.8. The van der Waals surface area contributed by atoms with Gasteiger partial charge in [0.2, 0.25) is 10.0 Å². The molecule has 0 amide bonds. The SMILES string of the molecule is Cl.NCC(NS(=O)(=O)c1cc(Cl)ccc1F)C1CCCC1. The first-order valence-corrected chi connectivity index (χ1v) is 8.47. The highest BCUT2D eigenvalue weighted by Gasteiger charge is 2.29. The molecule has 21 heavy (non-hydrogen) atoms. The Bertz CT molecular complexity index is 578. The molecule has 1 aliphatic carbocycles. The van der Waals surface area contributed by atoms with E-state index in [2.05, 4.69) is 4.72 Å². The van der Waals surface area contributed by atoms with E-state index in [0.29, 0.717) is 0 Å². The minimum atomic E-state index is -3.95. The minimum Gasteiger partial charge on any atom is -0.329 e. The molecule has 1 aromatic carbocycles. The van der Waals surface area contributed by atoms with Crippen LogP contribution in [0.3, 0.4) is 0 Å². The Morgan fingerprint density at radius 3 is 2.57 bits per heavy atom. The molecule has 3 N–H and O–H groups in total. The van der Waals surface area contributed by atoms with Gasteiger partial charge in [-0.25, -0.2) is 17.5 Å². The standard InChI is InChI=1S/C13H18ClFN2O2S.ClH/c14-10-5-6-11(15)13(7-10)20(18,19)17-12(8-16)9-3-1-2-4-9;/h5-7,9,12,17H,1-4,8,16H2;1H. The molecule has 1 atom stereocenters. The van der Waals surface area contributed by atoms with Crippen molar-refractivity contribution in [3.8, 4) is 0 Å². The predicted molar refractivity (Wildman–Crippen MR) is 83.8 cm³/mol. The van der Waals surface area contributed by atoms with Gasteiger partial charge in [0.15, 0.2) is 0 Å². The van der Waals surface area contributed by atoms with Crippen molar-refractivity contribution in [3.05, 3.63) is 29.0 Å². The van der Waals surface area contributed by atoms with Gasteiger partial charge in [-0.2, -0.15) is 0 Å². The zero-order valence-electron chi connectivity index (χ0n) is 11.4. The number of halogens is 3. The maximum absolute atomic E-state index is 13.7. The number of rotatable bonds is 5. The summed E-state index contributed by atoms with van der Waals surface area (Å²) in [6, 6.07) is 3.11. The second-order valence-corrected chi connectivity index (χ2v) is 7.20. The van der Waals surface area contributed by atoms with E-state index in [1.807, 2.05) is 0 Å². The topological polar surface area (TPSA) is 72.2 Å². The second kappa shape index (κ2) is 7.74. The van der Waals surface area contributed by atoms with E-state index in [1.165, 1.54) is 6.07 Å². The van der Waals surface area contributed by atoms with Crippen LogP contribution >= 0.6 is 24.0 Å². The van der Waals surface area contributed by atoms with Gasteiger partial charge in [-0.3, -0.25) is 0 Å². The maximum atomic E-state index is 13.7. The fraction of sp³-hybridized carbons (Fsp3) is 0.538. The van der Waals surface area contributed by atoms with E-state index in [9.17, 15) is 12.8 Å². The Morgan fingerprint density at radius 1 is 1.38 bits per heavy atom. The van der Waals surface area contributed by atoms with Gasteiger partial charge in [-0.1, -0.05) is 24.4 Å². The van der Waals surface area contributed by atoms with Crippen LogP contribution in [0.15, 0.2) is 23.1 Å². The van der Waals surface area contributed by atoms with Crippen LogP contribution in [-0.2, 0) is 10.0 Å². The third-order valence-corrected chi connectivity index (χ3v) is 5.45. The average Bonchev–Trinajstić information content (AvgIpc) is 2.92. The van der Waals surface area contributed by atoms with Gasteiger partial charge in [0, 0.05) is 17.6 Å². The summed E-state index contributed by atoms with van der Waals surface area (Å²) in [5, 5.41) is 0.178. The molecule has 0 radical (unpaired) electrons. The highest BCUT2D eigenvalue weighted by atomic mass is 35.5. The number of nitrogens with one attached hydrogen (secondary N) is 1. The van der Waals surface area contributed by atoms with E-state index >= 15 is 0 Å². The largest absolute Gasteiger partial charge is 0.329 e. The summed E-state index contributed by atoms with van der Waals surface area (Å²) in [4.78, 5) is -0.429. The first-order valence-electron chi connectivity index (χ1n) is 6.61. The molecule has 1 aliphatic rings. The molecule has 1 aromatic rings. The Labute approximate surface area is 135 Å². The lowest BCUT2D eigenvalue weighted by Gasteiger charge is -2.23. The van der Waals surface area contributed by atoms with Crippen LogP contribution in [0.4, 0.5) is 4.39 Å². The Balaban J connectivity index is 0.00000220. The van der Waals surface area contributed by atoms with Crippen molar-refractivity contribution in [2.24, 2.45) is 11.7 Å². The number of hydrogen-bond donors (Lipinski definition) is 2. The molecular formula is C13H19Cl2FN2O2S. The van der Waals surface area contributed by atoms with E-state index in [0.717, 1.165) is 37.8 Å². The van der Waals surface area contributed by atoms with Crippen LogP contribution in [0.2, 0.25) is 5.02 Å². The number of nitrogens with two attached hydrogens (primary N) is 1. The van der Waals surface area contributed by atoms with Gasteiger partial charge in [-0.15, -0.1) is 12.4 Å². The lowest BCUT2D eigenvalue weighted by Crippen LogP contribution is -2.44. The van der Waals surface area contributed by atoms with Crippen molar-refractivity contribution in [1.82, 2.24) is 4.72 Å². The third kappa shape index (κ3) is 4.53. The molecule has 0 saturated heterocycles. The number of sulfonamides is 1. The van der Waals surface area contributed by atoms with Gasteiger partial charge in [0.1, 0.15) is 10.7 Å².